The molecule has 0 fully saturated rings. The summed E-state index contributed by atoms with van der Waals surface area (Å²) >= 11 is 0. The van der Waals surface area contributed by atoms with E-state index < -0.39 is 29.7 Å². The van der Waals surface area contributed by atoms with Crippen molar-refractivity contribution in [2.75, 3.05) is 7.11 Å². The Hall–Kier alpha value is -4.65. The fraction of sp³-hybridized carbons (Fsp3) is 0.130. The Morgan fingerprint density at radius 3 is 2.44 bits per heavy atom. The molecule has 0 aliphatic rings. The van der Waals surface area contributed by atoms with Gasteiger partial charge in [-0.2, -0.15) is 13.2 Å². The number of benzene rings is 1. The van der Waals surface area contributed by atoms with Crippen molar-refractivity contribution in [2.45, 2.75) is 12.9 Å². The second-order valence-corrected chi connectivity index (χ2v) is 7.58. The van der Waals surface area contributed by atoms with Crippen molar-refractivity contribution in [3.63, 3.8) is 0 Å². The van der Waals surface area contributed by atoms with E-state index in [1.165, 1.54) is 31.8 Å². The van der Waals surface area contributed by atoms with Crippen LogP contribution in [0.4, 0.5) is 13.2 Å². The van der Waals surface area contributed by atoms with E-state index in [1.807, 2.05) is 0 Å². The van der Waals surface area contributed by atoms with Crippen LogP contribution < -0.4 is 16.0 Å². The zero-order valence-corrected chi connectivity index (χ0v) is 18.4. The van der Waals surface area contributed by atoms with Gasteiger partial charge in [0.25, 0.3) is 5.56 Å². The van der Waals surface area contributed by atoms with E-state index in [4.69, 9.17) is 4.74 Å². The van der Waals surface area contributed by atoms with Crippen molar-refractivity contribution < 1.29 is 23.0 Å². The van der Waals surface area contributed by atoms with Crippen LogP contribution in [-0.2, 0) is 12.9 Å². The van der Waals surface area contributed by atoms with Crippen LogP contribution in [0.1, 0.15) is 5.56 Å². The standard InChI is InChI=1S/C23H15F3N6O4/c1-36-21-28-8-12(9-29-21)16-5-6-17-18(30-16)19-15(10-27-17)20(34)31(11-33)22(35)32(19)14-4-2-3-13(7-14)23(24,25)26/h2-10,33H,11H2,1H3. The molecular formula is C23H15F3N6O4. The molecule has 4 aromatic heterocycles. The van der Waals surface area contributed by atoms with Crippen molar-refractivity contribution in [1.29, 1.82) is 0 Å². The van der Waals surface area contributed by atoms with E-state index in [9.17, 15) is 27.9 Å². The first-order valence-electron chi connectivity index (χ1n) is 10.3. The zero-order chi connectivity index (χ0) is 25.6. The van der Waals surface area contributed by atoms with E-state index >= 15 is 0 Å². The van der Waals surface area contributed by atoms with Gasteiger partial charge in [-0.3, -0.25) is 14.3 Å². The van der Waals surface area contributed by atoms with Crippen molar-refractivity contribution >= 4 is 21.9 Å². The van der Waals surface area contributed by atoms with Crippen LogP contribution in [-0.4, -0.2) is 41.3 Å². The number of rotatable bonds is 4. The third-order valence-electron chi connectivity index (χ3n) is 5.49. The molecule has 10 nitrogen and oxygen atoms in total. The first kappa shape index (κ1) is 23.1. The van der Waals surface area contributed by atoms with Crippen LogP contribution in [0.25, 0.3) is 38.9 Å². The summed E-state index contributed by atoms with van der Waals surface area (Å²) < 4.78 is 46.6. The highest BCUT2D eigenvalue weighted by Gasteiger charge is 2.31. The van der Waals surface area contributed by atoms with Crippen LogP contribution in [0.5, 0.6) is 6.01 Å². The summed E-state index contributed by atoms with van der Waals surface area (Å²) in [5.41, 5.74) is -1.94. The Morgan fingerprint density at radius 1 is 1.03 bits per heavy atom. The maximum Gasteiger partial charge on any atom is 0.416 e. The van der Waals surface area contributed by atoms with Crippen molar-refractivity contribution in [3.8, 4) is 23.0 Å². The second-order valence-electron chi connectivity index (χ2n) is 7.58. The minimum Gasteiger partial charge on any atom is -0.467 e. The molecule has 36 heavy (non-hydrogen) atoms. The predicted molar refractivity (Wildman–Crippen MR) is 122 cm³/mol. The number of ether oxygens (including phenoxy) is 1. The number of nitrogens with zero attached hydrogens (tertiary/aromatic N) is 6. The number of hydrogen-bond acceptors (Lipinski definition) is 8. The number of halogens is 3. The third kappa shape index (κ3) is 3.75. The van der Waals surface area contributed by atoms with E-state index in [0.717, 1.165) is 22.8 Å². The summed E-state index contributed by atoms with van der Waals surface area (Å²) in [6.07, 6.45) is -0.577. The summed E-state index contributed by atoms with van der Waals surface area (Å²) in [6.45, 7) is -0.985. The van der Waals surface area contributed by atoms with Crippen molar-refractivity contribution in [2.24, 2.45) is 0 Å². The Labute approximate surface area is 198 Å². The molecule has 0 atom stereocenters. The first-order valence-corrected chi connectivity index (χ1v) is 10.3. The van der Waals surface area contributed by atoms with Crippen LogP contribution in [0, 0.1) is 0 Å². The number of hydrogen-bond donors (Lipinski definition) is 1. The maximum absolute atomic E-state index is 13.4. The summed E-state index contributed by atoms with van der Waals surface area (Å²) in [4.78, 5) is 43.1. The Balaban J connectivity index is 1.90. The van der Waals surface area contributed by atoms with Crippen LogP contribution in [0.3, 0.4) is 0 Å². The van der Waals surface area contributed by atoms with Crippen LogP contribution in [0.2, 0.25) is 0 Å². The molecule has 4 heterocycles. The Bertz CT molecular complexity index is 1750. The number of aromatic nitrogens is 6. The molecule has 0 saturated carbocycles. The molecule has 182 valence electrons. The molecule has 0 aliphatic carbocycles. The lowest BCUT2D eigenvalue weighted by Crippen LogP contribution is -2.39. The molecule has 0 spiro atoms. The molecule has 0 aliphatic heterocycles. The highest BCUT2D eigenvalue weighted by Crippen LogP contribution is 2.31. The minimum atomic E-state index is -4.68. The molecular weight excluding hydrogens is 481 g/mol. The molecule has 5 rings (SSSR count). The number of methoxy groups -OCH3 is 1. The molecule has 1 aromatic carbocycles. The Morgan fingerprint density at radius 2 is 1.78 bits per heavy atom. The molecule has 1 N–H and O–H groups in total. The third-order valence-corrected chi connectivity index (χ3v) is 5.49. The number of aliphatic hydroxyl groups is 1. The highest BCUT2D eigenvalue weighted by atomic mass is 19.4. The fourth-order valence-electron chi connectivity index (χ4n) is 3.78. The van der Waals surface area contributed by atoms with Crippen LogP contribution >= 0.6 is 0 Å². The van der Waals surface area contributed by atoms with Gasteiger partial charge in [-0.15, -0.1) is 0 Å². The molecule has 5 aromatic rings. The SMILES string of the molecule is COc1ncc(-c2ccc3ncc4c(=O)n(CO)c(=O)n(-c5cccc(C(F)(F)F)c5)c4c3n2)cn1. The summed E-state index contributed by atoms with van der Waals surface area (Å²) in [5, 5.41) is 9.55. The van der Waals surface area contributed by atoms with Gasteiger partial charge in [0.1, 0.15) is 12.2 Å². The molecule has 0 radical (unpaired) electrons. The van der Waals surface area contributed by atoms with E-state index in [0.29, 0.717) is 15.8 Å². The highest BCUT2D eigenvalue weighted by molar-refractivity contribution is 6.01. The summed E-state index contributed by atoms with van der Waals surface area (Å²) in [7, 11) is 1.41. The minimum absolute atomic E-state index is 0.0599. The van der Waals surface area contributed by atoms with Gasteiger partial charge in [0, 0.05) is 24.2 Å². The summed E-state index contributed by atoms with van der Waals surface area (Å²) in [5.74, 6) is 0. The smallest absolute Gasteiger partial charge is 0.416 e. The fourth-order valence-corrected chi connectivity index (χ4v) is 3.78. The second kappa shape index (κ2) is 8.53. The molecule has 0 unspecified atom stereocenters. The lowest BCUT2D eigenvalue weighted by Gasteiger charge is -2.16. The predicted octanol–water partition coefficient (Wildman–Crippen LogP) is 2.53. The van der Waals surface area contributed by atoms with Crippen LogP contribution in [0.15, 0.2) is 64.6 Å². The number of alkyl halides is 3. The van der Waals surface area contributed by atoms with Gasteiger partial charge in [-0.1, -0.05) is 6.07 Å². The van der Waals surface area contributed by atoms with Gasteiger partial charge < -0.3 is 9.84 Å². The molecule has 13 heteroatoms. The van der Waals surface area contributed by atoms with Gasteiger partial charge in [-0.05, 0) is 30.3 Å². The first-order chi connectivity index (χ1) is 17.2. The molecule has 0 saturated heterocycles. The van der Waals surface area contributed by atoms with Crippen molar-refractivity contribution in [1.82, 2.24) is 29.1 Å². The number of aliphatic hydroxyl groups excluding tert-OH is 1. The van der Waals surface area contributed by atoms with E-state index in [2.05, 4.69) is 19.9 Å². The van der Waals surface area contributed by atoms with E-state index in [1.54, 1.807) is 12.1 Å². The topological polar surface area (TPSA) is 125 Å². The number of pyridine rings is 2. The Kier molecular flexibility index (Phi) is 5.48. The molecule has 0 bridgehead atoms. The molecule has 0 amide bonds. The van der Waals surface area contributed by atoms with Crippen molar-refractivity contribution in [3.05, 3.63) is 81.4 Å². The summed E-state index contributed by atoms with van der Waals surface area (Å²) in [6, 6.07) is 7.40. The van der Waals surface area contributed by atoms with Gasteiger partial charge in [0.05, 0.1) is 40.5 Å². The largest absolute Gasteiger partial charge is 0.467 e. The lowest BCUT2D eigenvalue weighted by atomic mass is 10.1. The number of fused-ring (bicyclic) bond motifs is 3. The average molecular weight is 496 g/mol. The maximum atomic E-state index is 13.4. The normalized spacial score (nSPS) is 11.8. The lowest BCUT2D eigenvalue weighted by molar-refractivity contribution is -0.137. The van der Waals surface area contributed by atoms with E-state index in [-0.39, 0.29) is 33.6 Å². The van der Waals surface area contributed by atoms with Gasteiger partial charge in [-0.25, -0.2) is 24.3 Å². The van der Waals surface area contributed by atoms with Gasteiger partial charge >= 0.3 is 17.9 Å². The zero-order valence-electron chi connectivity index (χ0n) is 18.4. The quantitative estimate of drug-likeness (QED) is 0.377. The average Bonchev–Trinajstić information content (AvgIpc) is 2.88. The van der Waals surface area contributed by atoms with Gasteiger partial charge in [0.15, 0.2) is 0 Å². The van der Waals surface area contributed by atoms with Gasteiger partial charge in [0.2, 0.25) is 0 Å². The monoisotopic (exact) mass is 496 g/mol.